The molecule has 1 fully saturated rings. The van der Waals surface area contributed by atoms with E-state index in [1.807, 2.05) is 30.3 Å². The van der Waals surface area contributed by atoms with E-state index in [-0.39, 0.29) is 11.3 Å². The van der Waals surface area contributed by atoms with Crippen molar-refractivity contribution in [3.05, 3.63) is 60.2 Å². The summed E-state index contributed by atoms with van der Waals surface area (Å²) in [7, 11) is 1.65. The molecule has 0 bridgehead atoms. The Morgan fingerprint density at radius 1 is 1.17 bits per heavy atom. The Morgan fingerprint density at radius 3 is 2.65 bits per heavy atom. The predicted molar refractivity (Wildman–Crippen MR) is 94.1 cm³/mol. The van der Waals surface area contributed by atoms with Gasteiger partial charge in [-0.3, -0.25) is 4.79 Å². The van der Waals surface area contributed by atoms with E-state index in [2.05, 4.69) is 29.6 Å². The van der Waals surface area contributed by atoms with Crippen LogP contribution in [0.5, 0.6) is 5.75 Å². The Hall–Kier alpha value is -1.94. The van der Waals surface area contributed by atoms with Crippen molar-refractivity contribution in [2.24, 2.45) is 0 Å². The van der Waals surface area contributed by atoms with Gasteiger partial charge in [-0.15, -0.1) is 11.8 Å². The van der Waals surface area contributed by atoms with Crippen molar-refractivity contribution in [2.45, 2.75) is 23.2 Å². The Kier molecular flexibility index (Phi) is 4.91. The van der Waals surface area contributed by atoms with Gasteiger partial charge in [0, 0.05) is 16.9 Å². The van der Waals surface area contributed by atoms with Gasteiger partial charge in [0.2, 0.25) is 5.91 Å². The number of hydrogen-bond acceptors (Lipinski definition) is 3. The number of ether oxygens (including phenoxy) is 1. The predicted octanol–water partition coefficient (Wildman–Crippen LogP) is 3.64. The van der Waals surface area contributed by atoms with Crippen LogP contribution in [0.15, 0.2) is 59.5 Å². The van der Waals surface area contributed by atoms with Gasteiger partial charge in [-0.25, -0.2) is 0 Å². The second-order valence-corrected chi connectivity index (χ2v) is 6.94. The molecule has 0 atom stereocenters. The molecule has 4 heteroatoms. The number of methoxy groups -OCH3 is 1. The molecule has 1 aliphatic carbocycles. The summed E-state index contributed by atoms with van der Waals surface area (Å²) in [4.78, 5) is 13.2. The topological polar surface area (TPSA) is 38.3 Å². The van der Waals surface area contributed by atoms with Crippen molar-refractivity contribution in [1.82, 2.24) is 5.32 Å². The number of nitrogens with one attached hydrogen (secondary N) is 1. The van der Waals surface area contributed by atoms with Crippen molar-refractivity contribution < 1.29 is 9.53 Å². The molecule has 1 amide bonds. The number of carbonyl (C=O) groups excluding carboxylic acids is 1. The van der Waals surface area contributed by atoms with E-state index in [1.165, 1.54) is 17.3 Å². The van der Waals surface area contributed by atoms with Crippen molar-refractivity contribution in [1.29, 1.82) is 0 Å². The smallest absolute Gasteiger partial charge is 0.230 e. The van der Waals surface area contributed by atoms with Crippen LogP contribution in [0.2, 0.25) is 0 Å². The fourth-order valence-corrected chi connectivity index (χ4v) is 3.44. The quantitative estimate of drug-likeness (QED) is 0.789. The van der Waals surface area contributed by atoms with Gasteiger partial charge in [-0.05, 0) is 36.6 Å². The average molecular weight is 327 g/mol. The fraction of sp³-hybridized carbons (Fsp3) is 0.316. The zero-order valence-electron chi connectivity index (χ0n) is 13.2. The normalized spacial score (nSPS) is 15.0. The van der Waals surface area contributed by atoms with Gasteiger partial charge in [0.25, 0.3) is 0 Å². The Morgan fingerprint density at radius 2 is 1.96 bits per heavy atom. The van der Waals surface area contributed by atoms with E-state index >= 15 is 0 Å². The van der Waals surface area contributed by atoms with E-state index < -0.39 is 0 Å². The van der Waals surface area contributed by atoms with Crippen molar-refractivity contribution >= 4 is 17.7 Å². The van der Waals surface area contributed by atoms with Gasteiger partial charge in [0.15, 0.2) is 0 Å². The standard InChI is InChI=1S/C19H21NO2S/c1-22-16-8-5-9-17(12-16)23-13-18(21)20-14-19(10-11-19)15-6-3-2-4-7-15/h2-9,12H,10-11,13-14H2,1H3,(H,20,21). The molecule has 1 N–H and O–H groups in total. The van der Waals surface area contributed by atoms with E-state index in [0.717, 1.165) is 30.0 Å². The molecule has 1 aliphatic rings. The molecule has 3 nitrogen and oxygen atoms in total. The highest BCUT2D eigenvalue weighted by Gasteiger charge is 2.44. The average Bonchev–Trinajstić information content (AvgIpc) is 3.40. The number of benzene rings is 2. The van der Waals surface area contributed by atoms with Crippen LogP contribution in [-0.2, 0) is 10.2 Å². The zero-order valence-corrected chi connectivity index (χ0v) is 14.1. The van der Waals surface area contributed by atoms with E-state index in [9.17, 15) is 4.79 Å². The Bertz CT molecular complexity index is 668. The van der Waals surface area contributed by atoms with Gasteiger partial charge in [0.05, 0.1) is 12.9 Å². The molecule has 0 saturated heterocycles. The molecule has 0 unspecified atom stereocenters. The van der Waals surface area contributed by atoms with Gasteiger partial charge in [0.1, 0.15) is 5.75 Å². The van der Waals surface area contributed by atoms with Crippen LogP contribution in [0.4, 0.5) is 0 Å². The monoisotopic (exact) mass is 327 g/mol. The zero-order chi connectivity index (χ0) is 16.1. The summed E-state index contributed by atoms with van der Waals surface area (Å²) in [5.41, 5.74) is 1.50. The van der Waals surface area contributed by atoms with Crippen molar-refractivity contribution in [3.8, 4) is 5.75 Å². The largest absolute Gasteiger partial charge is 0.497 e. The van der Waals surface area contributed by atoms with Crippen LogP contribution in [0.25, 0.3) is 0 Å². The summed E-state index contributed by atoms with van der Waals surface area (Å²) in [5.74, 6) is 1.33. The summed E-state index contributed by atoms with van der Waals surface area (Å²) in [6.07, 6.45) is 2.31. The number of amides is 1. The van der Waals surface area contributed by atoms with Gasteiger partial charge in [-0.1, -0.05) is 36.4 Å². The minimum Gasteiger partial charge on any atom is -0.497 e. The second-order valence-electron chi connectivity index (χ2n) is 5.89. The van der Waals surface area contributed by atoms with Gasteiger partial charge in [-0.2, -0.15) is 0 Å². The molecule has 0 heterocycles. The summed E-state index contributed by atoms with van der Waals surface area (Å²) in [5, 5.41) is 3.09. The van der Waals surface area contributed by atoms with Crippen LogP contribution in [-0.4, -0.2) is 25.3 Å². The maximum atomic E-state index is 12.1. The molecule has 0 aliphatic heterocycles. The van der Waals surface area contributed by atoms with Crippen LogP contribution in [0.3, 0.4) is 0 Å². The molecule has 23 heavy (non-hydrogen) atoms. The van der Waals surface area contributed by atoms with E-state index in [1.54, 1.807) is 7.11 Å². The molecule has 1 saturated carbocycles. The van der Waals surface area contributed by atoms with E-state index in [0.29, 0.717) is 5.75 Å². The van der Waals surface area contributed by atoms with Gasteiger partial charge < -0.3 is 10.1 Å². The minimum atomic E-state index is 0.0834. The minimum absolute atomic E-state index is 0.0834. The maximum absolute atomic E-state index is 12.1. The second kappa shape index (κ2) is 7.09. The first-order valence-electron chi connectivity index (χ1n) is 7.81. The molecule has 3 rings (SSSR count). The summed E-state index contributed by atoms with van der Waals surface area (Å²) in [6, 6.07) is 18.3. The highest BCUT2D eigenvalue weighted by molar-refractivity contribution is 8.00. The lowest BCUT2D eigenvalue weighted by Crippen LogP contribution is -2.33. The molecule has 2 aromatic carbocycles. The molecule has 2 aromatic rings. The number of thioether (sulfide) groups is 1. The SMILES string of the molecule is COc1cccc(SCC(=O)NCC2(c3ccccc3)CC2)c1. The molecular formula is C19H21NO2S. The lowest BCUT2D eigenvalue weighted by Gasteiger charge is -2.16. The van der Waals surface area contributed by atoms with Crippen molar-refractivity contribution in [2.75, 3.05) is 19.4 Å². The lowest BCUT2D eigenvalue weighted by atomic mass is 9.96. The highest BCUT2D eigenvalue weighted by atomic mass is 32.2. The molecule has 0 radical (unpaired) electrons. The third-order valence-corrected chi connectivity index (χ3v) is 5.27. The summed E-state index contributed by atoms with van der Waals surface area (Å²) >= 11 is 1.53. The maximum Gasteiger partial charge on any atom is 0.230 e. The molecule has 120 valence electrons. The summed E-state index contributed by atoms with van der Waals surface area (Å²) in [6.45, 7) is 0.731. The number of hydrogen-bond donors (Lipinski definition) is 1. The molecule has 0 aromatic heterocycles. The summed E-state index contributed by atoms with van der Waals surface area (Å²) < 4.78 is 5.20. The third kappa shape index (κ3) is 4.08. The first-order valence-corrected chi connectivity index (χ1v) is 8.79. The first-order chi connectivity index (χ1) is 11.2. The number of rotatable bonds is 7. The van der Waals surface area contributed by atoms with Crippen LogP contribution < -0.4 is 10.1 Å². The Balaban J connectivity index is 1.48. The van der Waals surface area contributed by atoms with Crippen LogP contribution in [0.1, 0.15) is 18.4 Å². The van der Waals surface area contributed by atoms with Crippen LogP contribution >= 0.6 is 11.8 Å². The fourth-order valence-electron chi connectivity index (χ4n) is 2.67. The third-order valence-electron chi connectivity index (χ3n) is 4.27. The molecular weight excluding hydrogens is 306 g/mol. The number of carbonyl (C=O) groups is 1. The van der Waals surface area contributed by atoms with Crippen molar-refractivity contribution in [3.63, 3.8) is 0 Å². The highest BCUT2D eigenvalue weighted by Crippen LogP contribution is 2.47. The van der Waals surface area contributed by atoms with Gasteiger partial charge >= 0.3 is 0 Å². The van der Waals surface area contributed by atoms with Crippen LogP contribution in [0, 0.1) is 0 Å². The lowest BCUT2D eigenvalue weighted by molar-refractivity contribution is -0.118. The van der Waals surface area contributed by atoms with E-state index in [4.69, 9.17) is 4.74 Å². The first kappa shape index (κ1) is 15.9. The Labute approximate surface area is 141 Å². The molecule has 0 spiro atoms.